The zero-order chi connectivity index (χ0) is 38.8. The Morgan fingerprint density at radius 2 is 1.13 bits per heavy atom. The molecule has 0 heterocycles. The van der Waals surface area contributed by atoms with Gasteiger partial charge in [0, 0.05) is 25.2 Å². The number of aliphatic hydroxyl groups excluding tert-OH is 3. The van der Waals surface area contributed by atoms with E-state index in [1.54, 1.807) is 12.2 Å². The van der Waals surface area contributed by atoms with Crippen LogP contribution in [0.2, 0.25) is 0 Å². The number of Topliss-reactive ketones (excluding diaryl/α,β-unsaturated/α-hetero) is 1. The molecule has 310 valence electrons. The van der Waals surface area contributed by atoms with E-state index >= 15 is 0 Å². The van der Waals surface area contributed by atoms with Crippen LogP contribution in [-0.4, -0.2) is 64.6 Å². The van der Waals surface area contributed by atoms with Crippen molar-refractivity contribution in [2.45, 2.75) is 231 Å². The van der Waals surface area contributed by atoms with Crippen molar-refractivity contribution in [2.24, 2.45) is 11.8 Å². The van der Waals surface area contributed by atoms with Crippen molar-refractivity contribution < 1.29 is 39.2 Å². The lowest BCUT2D eigenvalue weighted by Gasteiger charge is -2.19. The number of carbonyl (C=O) groups excluding carboxylic acids is 3. The zero-order valence-corrected chi connectivity index (χ0v) is 34.3. The van der Waals surface area contributed by atoms with Gasteiger partial charge in [0.25, 0.3) is 0 Å². The second-order valence-electron chi connectivity index (χ2n) is 15.9. The molecule has 1 aliphatic carbocycles. The van der Waals surface area contributed by atoms with Crippen molar-refractivity contribution in [3.63, 3.8) is 0 Å². The third-order valence-electron chi connectivity index (χ3n) is 11.0. The number of hydrogen-bond donors (Lipinski definition) is 3. The third kappa shape index (κ3) is 27.5. The van der Waals surface area contributed by atoms with E-state index in [0.29, 0.717) is 19.3 Å². The topological polar surface area (TPSA) is 130 Å². The van der Waals surface area contributed by atoms with Gasteiger partial charge in [-0.15, -0.1) is 0 Å². The average Bonchev–Trinajstić information content (AvgIpc) is 3.42. The molecule has 0 aromatic heterocycles. The van der Waals surface area contributed by atoms with Crippen molar-refractivity contribution >= 4 is 17.7 Å². The molecule has 0 radical (unpaired) electrons. The number of carbonyl (C=O) groups is 3. The molecule has 5 atom stereocenters. The quantitative estimate of drug-likeness (QED) is 0.0325. The van der Waals surface area contributed by atoms with Crippen LogP contribution in [0.1, 0.15) is 213 Å². The molecule has 0 aromatic carbocycles. The summed E-state index contributed by atoms with van der Waals surface area (Å²) in [5, 5.41) is 30.3. The van der Waals surface area contributed by atoms with Crippen LogP contribution in [-0.2, 0) is 23.9 Å². The van der Waals surface area contributed by atoms with E-state index < -0.39 is 18.3 Å². The first-order valence-electron chi connectivity index (χ1n) is 22.3. The van der Waals surface area contributed by atoms with Gasteiger partial charge in [-0.05, 0) is 31.6 Å². The standard InChI is InChI=1S/C45H82O8/c1-3-5-7-8-9-10-11-12-13-14-15-16-17-18-19-20-21-22-28-32-45(51)53-39(36-46)37-52-44(50)31-27-24-23-26-30-40-41(43(49)35-42(40)48)34-33-38(47)29-25-6-4-2/h33-34,38-42,46-48H,3-32,35-37H2,1-2H3/b34-33+/t38-,39-,40+,41+,42-/m0/s1. The highest BCUT2D eigenvalue weighted by Gasteiger charge is 2.39. The van der Waals surface area contributed by atoms with Gasteiger partial charge < -0.3 is 24.8 Å². The third-order valence-corrected chi connectivity index (χ3v) is 11.0. The van der Waals surface area contributed by atoms with Crippen LogP contribution in [0.25, 0.3) is 0 Å². The van der Waals surface area contributed by atoms with Gasteiger partial charge in [0.1, 0.15) is 12.4 Å². The minimum atomic E-state index is -0.841. The number of esters is 2. The summed E-state index contributed by atoms with van der Waals surface area (Å²) in [5.41, 5.74) is 0. The smallest absolute Gasteiger partial charge is 0.306 e. The number of aliphatic hydroxyl groups is 3. The van der Waals surface area contributed by atoms with Crippen LogP contribution < -0.4 is 0 Å². The van der Waals surface area contributed by atoms with Gasteiger partial charge in [0.2, 0.25) is 0 Å². The van der Waals surface area contributed by atoms with Gasteiger partial charge in [0.05, 0.1) is 18.8 Å². The van der Waals surface area contributed by atoms with Crippen molar-refractivity contribution in [1.29, 1.82) is 0 Å². The Bertz CT molecular complexity index is 920. The van der Waals surface area contributed by atoms with Crippen LogP contribution >= 0.6 is 0 Å². The molecule has 0 unspecified atom stereocenters. The second kappa shape index (κ2) is 34.7. The molecular weight excluding hydrogens is 668 g/mol. The fourth-order valence-corrected chi connectivity index (χ4v) is 7.52. The number of hydrogen-bond acceptors (Lipinski definition) is 8. The van der Waals surface area contributed by atoms with E-state index in [4.69, 9.17) is 9.47 Å². The molecule has 3 N–H and O–H groups in total. The first-order chi connectivity index (χ1) is 25.8. The number of allylic oxidation sites excluding steroid dienone is 1. The molecule has 0 aromatic rings. The molecule has 1 aliphatic rings. The molecule has 8 heteroatoms. The minimum Gasteiger partial charge on any atom is -0.462 e. The summed E-state index contributed by atoms with van der Waals surface area (Å²) in [6.07, 6.45) is 34.7. The molecule has 1 saturated carbocycles. The molecular formula is C45H82O8. The number of ketones is 1. The lowest BCUT2D eigenvalue weighted by Crippen LogP contribution is -2.28. The number of unbranched alkanes of at least 4 members (excludes halogenated alkanes) is 23. The second-order valence-corrected chi connectivity index (χ2v) is 15.9. The van der Waals surface area contributed by atoms with Gasteiger partial charge in [-0.2, -0.15) is 0 Å². The molecule has 0 bridgehead atoms. The van der Waals surface area contributed by atoms with Gasteiger partial charge in [-0.1, -0.05) is 180 Å². The summed E-state index contributed by atoms with van der Waals surface area (Å²) in [6.45, 7) is 3.86. The maximum absolute atomic E-state index is 12.4. The van der Waals surface area contributed by atoms with Crippen LogP contribution in [0, 0.1) is 11.8 Å². The Kier molecular flexibility index (Phi) is 32.2. The molecule has 8 nitrogen and oxygen atoms in total. The molecule has 1 rings (SSSR count). The van der Waals surface area contributed by atoms with E-state index in [2.05, 4.69) is 13.8 Å². The molecule has 0 amide bonds. The maximum atomic E-state index is 12.4. The first kappa shape index (κ1) is 49.2. The zero-order valence-electron chi connectivity index (χ0n) is 34.3. The fraction of sp³-hybridized carbons (Fsp3) is 0.889. The Morgan fingerprint density at radius 1 is 0.679 bits per heavy atom. The van der Waals surface area contributed by atoms with Gasteiger partial charge in [-0.25, -0.2) is 0 Å². The molecule has 1 fully saturated rings. The highest BCUT2D eigenvalue weighted by atomic mass is 16.6. The predicted octanol–water partition coefficient (Wildman–Crippen LogP) is 10.7. The Hall–Kier alpha value is -1.77. The van der Waals surface area contributed by atoms with E-state index in [-0.39, 0.29) is 55.6 Å². The monoisotopic (exact) mass is 751 g/mol. The molecule has 0 saturated heterocycles. The van der Waals surface area contributed by atoms with Crippen LogP contribution in [0.3, 0.4) is 0 Å². The van der Waals surface area contributed by atoms with E-state index in [1.165, 1.54) is 103 Å². The van der Waals surface area contributed by atoms with Crippen molar-refractivity contribution in [1.82, 2.24) is 0 Å². The number of ether oxygens (including phenoxy) is 2. The van der Waals surface area contributed by atoms with Gasteiger partial charge >= 0.3 is 11.9 Å². The normalized spacial score (nSPS) is 18.5. The molecule has 0 spiro atoms. The SMILES string of the molecule is CCCCCCCCCCCCCCCCCCCCCC(=O)O[C@@H](CO)COC(=O)CCCCCC[C@H]1[C@@H](O)CC(=O)[C@@H]1/C=C/[C@@H](O)CCCCC. The summed E-state index contributed by atoms with van der Waals surface area (Å²) >= 11 is 0. The largest absolute Gasteiger partial charge is 0.462 e. The van der Waals surface area contributed by atoms with Gasteiger partial charge in [0.15, 0.2) is 6.10 Å². The highest BCUT2D eigenvalue weighted by molar-refractivity contribution is 5.86. The fourth-order valence-electron chi connectivity index (χ4n) is 7.52. The Labute approximate surface area is 324 Å². The van der Waals surface area contributed by atoms with Crippen molar-refractivity contribution in [3.8, 4) is 0 Å². The lowest BCUT2D eigenvalue weighted by molar-refractivity contribution is -0.161. The minimum absolute atomic E-state index is 0.0369. The predicted molar refractivity (Wildman–Crippen MR) is 216 cm³/mol. The van der Waals surface area contributed by atoms with Crippen LogP contribution in [0.5, 0.6) is 0 Å². The first-order valence-corrected chi connectivity index (χ1v) is 22.3. The number of rotatable bonds is 37. The van der Waals surface area contributed by atoms with Crippen molar-refractivity contribution in [2.75, 3.05) is 13.2 Å². The summed E-state index contributed by atoms with van der Waals surface area (Å²) < 4.78 is 10.6. The van der Waals surface area contributed by atoms with Crippen LogP contribution in [0.4, 0.5) is 0 Å². The summed E-state index contributed by atoms with van der Waals surface area (Å²) in [6, 6.07) is 0. The summed E-state index contributed by atoms with van der Waals surface area (Å²) in [4.78, 5) is 36.9. The van der Waals surface area contributed by atoms with Gasteiger partial charge in [-0.3, -0.25) is 14.4 Å². The van der Waals surface area contributed by atoms with E-state index in [1.807, 2.05) is 0 Å². The molecule has 0 aliphatic heterocycles. The Morgan fingerprint density at radius 3 is 1.64 bits per heavy atom. The Balaban J connectivity index is 2.01. The van der Waals surface area contributed by atoms with Crippen molar-refractivity contribution in [3.05, 3.63) is 12.2 Å². The lowest BCUT2D eigenvalue weighted by atomic mass is 9.88. The van der Waals surface area contributed by atoms with Crippen LogP contribution in [0.15, 0.2) is 12.2 Å². The summed E-state index contributed by atoms with van der Waals surface area (Å²) in [5.74, 6) is -1.18. The summed E-state index contributed by atoms with van der Waals surface area (Å²) in [7, 11) is 0. The van der Waals surface area contributed by atoms with E-state index in [0.717, 1.165) is 64.2 Å². The molecule has 53 heavy (non-hydrogen) atoms. The average molecular weight is 751 g/mol. The van der Waals surface area contributed by atoms with E-state index in [9.17, 15) is 29.7 Å². The highest BCUT2D eigenvalue weighted by Crippen LogP contribution is 2.34. The maximum Gasteiger partial charge on any atom is 0.306 e.